The van der Waals surface area contributed by atoms with E-state index in [0.29, 0.717) is 57.6 Å². The van der Waals surface area contributed by atoms with Crippen LogP contribution >= 0.6 is 11.8 Å². The number of aliphatic hydroxyl groups is 3. The number of rotatable bonds is 24. The summed E-state index contributed by atoms with van der Waals surface area (Å²) in [6.45, 7) is 10.5. The van der Waals surface area contributed by atoms with Crippen molar-refractivity contribution in [3.8, 4) is 0 Å². The van der Waals surface area contributed by atoms with Gasteiger partial charge in [-0.2, -0.15) is 11.8 Å². The topological polar surface area (TPSA) is 124 Å². The van der Waals surface area contributed by atoms with E-state index in [1.54, 1.807) is 0 Å². The second-order valence-corrected chi connectivity index (χ2v) is 19.9. The predicted octanol–water partition coefficient (Wildman–Crippen LogP) is 6.74. The van der Waals surface area contributed by atoms with Crippen LogP contribution < -0.4 is 16.0 Å². The monoisotopic (exact) mass is 770 g/mol. The maximum Gasteiger partial charge on any atom is 0.0975 e. The first-order chi connectivity index (χ1) is 25.5. The third kappa shape index (κ3) is 19.3. The highest BCUT2D eigenvalue weighted by Crippen LogP contribution is 2.42. The van der Waals surface area contributed by atoms with Gasteiger partial charge in [-0.05, 0) is 87.7 Å². The summed E-state index contributed by atoms with van der Waals surface area (Å²) in [5.74, 6) is 1.89. The highest BCUT2D eigenvalue weighted by molar-refractivity contribution is 7.99. The first-order valence-corrected chi connectivity index (χ1v) is 23.3. The minimum atomic E-state index is -0.935. The molecule has 0 aromatic heterocycles. The maximum atomic E-state index is 11.1. The van der Waals surface area contributed by atoms with Crippen molar-refractivity contribution in [3.63, 3.8) is 0 Å². The molecule has 0 saturated heterocycles. The van der Waals surface area contributed by atoms with Crippen LogP contribution in [-0.2, 0) is 14.2 Å². The van der Waals surface area contributed by atoms with E-state index in [-0.39, 0.29) is 23.5 Å². The Balaban J connectivity index is 1.16. The van der Waals surface area contributed by atoms with E-state index in [1.807, 2.05) is 18.7 Å². The maximum absolute atomic E-state index is 11.1. The molecule has 0 spiro atoms. The van der Waals surface area contributed by atoms with Crippen molar-refractivity contribution in [2.75, 3.05) is 64.2 Å². The van der Waals surface area contributed by atoms with Crippen molar-refractivity contribution in [1.29, 1.82) is 0 Å². The summed E-state index contributed by atoms with van der Waals surface area (Å²) in [6.07, 6.45) is 24.9. The minimum absolute atomic E-state index is 0.141. The number of ether oxygens (including phenoxy) is 3. The Bertz CT molecular complexity index is 933. The summed E-state index contributed by atoms with van der Waals surface area (Å²) in [6, 6.07) is 1.58. The number of hydrogen-bond acceptors (Lipinski definition) is 10. The Morgan fingerprint density at radius 1 is 0.642 bits per heavy atom. The van der Waals surface area contributed by atoms with Crippen LogP contribution in [0.25, 0.3) is 0 Å². The third-order valence-corrected chi connectivity index (χ3v) is 14.3. The smallest absolute Gasteiger partial charge is 0.0975 e. The van der Waals surface area contributed by atoms with E-state index in [0.717, 1.165) is 31.0 Å². The molecule has 0 aromatic carbocycles. The second-order valence-electron chi connectivity index (χ2n) is 18.8. The number of aliphatic hydroxyl groups excluding tert-OH is 2. The summed E-state index contributed by atoms with van der Waals surface area (Å²) in [4.78, 5) is 0. The van der Waals surface area contributed by atoms with Crippen molar-refractivity contribution in [1.82, 2.24) is 16.0 Å². The molecule has 4 rings (SSSR count). The number of nitrogens with one attached hydrogen (secondary N) is 3. The molecule has 0 aromatic rings. The first kappa shape index (κ1) is 45.7. The molecule has 4 aliphatic rings. The Hall–Kier alpha value is -0.0100. The highest BCUT2D eigenvalue weighted by Gasteiger charge is 2.33. The summed E-state index contributed by atoms with van der Waals surface area (Å²) in [5.41, 5.74) is -0.492. The van der Waals surface area contributed by atoms with Gasteiger partial charge in [0.25, 0.3) is 0 Å². The molecule has 0 amide bonds. The molecule has 0 heterocycles. The standard InChI is InChI=1S/C43H83N3O6S/c1-41(32-50-27-38(47)25-44-35-15-7-4-8-16-35)21-13-23-42(2,24-14-22-41)34-53-30-40(52-28-39(48)26-45-36-17-9-5-10-18-36)29-51-33-43(3,49)31-46-37-19-11-6-12-20-37/h35-40,44-49H,4-34H2,1-3H3. The molecule has 53 heavy (non-hydrogen) atoms. The van der Waals surface area contributed by atoms with Gasteiger partial charge in [0.05, 0.1) is 56.9 Å². The molecule has 312 valence electrons. The van der Waals surface area contributed by atoms with Crippen LogP contribution in [0, 0.1) is 10.8 Å². The van der Waals surface area contributed by atoms with Crippen molar-refractivity contribution in [2.45, 2.75) is 198 Å². The lowest BCUT2D eigenvalue weighted by Gasteiger charge is -2.38. The molecule has 4 aliphatic carbocycles. The fraction of sp³-hybridized carbons (Fsp3) is 1.00. The highest BCUT2D eigenvalue weighted by atomic mass is 32.2. The molecule has 4 unspecified atom stereocenters. The predicted molar refractivity (Wildman–Crippen MR) is 220 cm³/mol. The van der Waals surface area contributed by atoms with Crippen LogP contribution in [0.3, 0.4) is 0 Å². The van der Waals surface area contributed by atoms with Crippen LogP contribution in [-0.4, -0.2) is 122 Å². The second kappa shape index (κ2) is 24.7. The molecule has 4 saturated carbocycles. The number of thioether (sulfide) groups is 1. The van der Waals surface area contributed by atoms with Gasteiger partial charge in [-0.25, -0.2) is 0 Å². The van der Waals surface area contributed by atoms with Crippen LogP contribution in [0.2, 0.25) is 0 Å². The SMILES string of the molecule is CC(O)(CNC1CCCCC1)COCC(CSCC1(C)CCCC(C)(COCC(O)CNC2CCCCC2)CCC1)OCC(O)CNC1CCCCC1. The van der Waals surface area contributed by atoms with Gasteiger partial charge in [-0.15, -0.1) is 0 Å². The normalized spacial score (nSPS) is 28.9. The van der Waals surface area contributed by atoms with Gasteiger partial charge in [-0.1, -0.05) is 84.5 Å². The van der Waals surface area contributed by atoms with Gasteiger partial charge in [0.2, 0.25) is 0 Å². The summed E-state index contributed by atoms with van der Waals surface area (Å²) >= 11 is 1.95. The fourth-order valence-electron chi connectivity index (χ4n) is 9.16. The quantitative estimate of drug-likeness (QED) is 0.0629. The van der Waals surface area contributed by atoms with Gasteiger partial charge in [-0.3, -0.25) is 0 Å². The molecular formula is C43H83N3O6S. The summed E-state index contributed by atoms with van der Waals surface area (Å²) in [7, 11) is 0. The molecule has 9 nitrogen and oxygen atoms in total. The van der Waals surface area contributed by atoms with Crippen LogP contribution in [0.4, 0.5) is 0 Å². The molecule has 10 heteroatoms. The van der Waals surface area contributed by atoms with Crippen molar-refractivity contribution in [3.05, 3.63) is 0 Å². The van der Waals surface area contributed by atoms with Crippen molar-refractivity contribution in [2.24, 2.45) is 10.8 Å². The zero-order valence-corrected chi connectivity index (χ0v) is 35.2. The molecule has 4 fully saturated rings. The fourth-order valence-corrected chi connectivity index (χ4v) is 10.5. The zero-order valence-electron chi connectivity index (χ0n) is 34.4. The van der Waals surface area contributed by atoms with E-state index in [4.69, 9.17) is 14.2 Å². The average Bonchev–Trinajstić information content (AvgIpc) is 3.15. The molecular weight excluding hydrogens is 687 g/mol. The first-order valence-electron chi connectivity index (χ1n) is 22.2. The van der Waals surface area contributed by atoms with E-state index in [2.05, 4.69) is 29.8 Å². The molecule has 4 atom stereocenters. The third-order valence-electron chi connectivity index (χ3n) is 12.7. The Morgan fingerprint density at radius 3 is 1.68 bits per heavy atom. The number of hydrogen-bond donors (Lipinski definition) is 6. The lowest BCUT2D eigenvalue weighted by atomic mass is 9.72. The largest absolute Gasteiger partial charge is 0.389 e. The van der Waals surface area contributed by atoms with Crippen molar-refractivity contribution >= 4 is 11.8 Å². The van der Waals surface area contributed by atoms with Crippen molar-refractivity contribution < 1.29 is 29.5 Å². The Kier molecular flexibility index (Phi) is 21.3. The molecule has 0 radical (unpaired) electrons. The van der Waals surface area contributed by atoms with Gasteiger partial charge in [0.15, 0.2) is 0 Å². The molecule has 6 N–H and O–H groups in total. The van der Waals surface area contributed by atoms with E-state index in [9.17, 15) is 15.3 Å². The van der Waals surface area contributed by atoms with Gasteiger partial charge < -0.3 is 45.5 Å². The van der Waals surface area contributed by atoms with Gasteiger partial charge in [0, 0.05) is 43.5 Å². The molecule has 0 bridgehead atoms. The summed E-state index contributed by atoms with van der Waals surface area (Å²) < 4.78 is 18.6. The van der Waals surface area contributed by atoms with E-state index >= 15 is 0 Å². The van der Waals surface area contributed by atoms with Crippen LogP contribution in [0.1, 0.15) is 156 Å². The van der Waals surface area contributed by atoms with E-state index < -0.39 is 17.8 Å². The minimum Gasteiger partial charge on any atom is -0.389 e. The molecule has 0 aliphatic heterocycles. The van der Waals surface area contributed by atoms with E-state index in [1.165, 1.54) is 122 Å². The lowest BCUT2D eigenvalue weighted by molar-refractivity contribution is -0.0762. The summed E-state index contributed by atoms with van der Waals surface area (Å²) in [5, 5.41) is 43.1. The van der Waals surface area contributed by atoms with Crippen LogP contribution in [0.15, 0.2) is 0 Å². The van der Waals surface area contributed by atoms with Crippen LogP contribution in [0.5, 0.6) is 0 Å². The average molecular weight is 770 g/mol. The Labute approximate surface area is 329 Å². The van der Waals surface area contributed by atoms with Gasteiger partial charge >= 0.3 is 0 Å². The Morgan fingerprint density at radius 2 is 1.13 bits per heavy atom. The lowest BCUT2D eigenvalue weighted by Crippen LogP contribution is -2.46. The zero-order chi connectivity index (χ0) is 37.8. The van der Waals surface area contributed by atoms with Gasteiger partial charge in [0.1, 0.15) is 0 Å².